The van der Waals surface area contributed by atoms with Crippen LogP contribution in [0.15, 0.2) is 36.4 Å². The van der Waals surface area contributed by atoms with E-state index in [0.717, 1.165) is 0 Å². The van der Waals surface area contributed by atoms with Gasteiger partial charge >= 0.3 is 5.97 Å². The Hall–Kier alpha value is -3.13. The van der Waals surface area contributed by atoms with Crippen molar-refractivity contribution in [3.63, 3.8) is 0 Å². The molecule has 8 heteroatoms. The standard InChI is InChI=1S/C18H18N2O5S/c1-10-8-12(17(22)23)4-6-13(10)19-18(26)20-16(21)11-5-7-14(24-2)15(9-11)25-3/h4-9H,1-3H3,(H,22,23)(H2,19,20,21,26). The molecule has 2 aromatic carbocycles. The first-order valence-electron chi connectivity index (χ1n) is 7.54. The third-order valence-corrected chi connectivity index (χ3v) is 3.80. The van der Waals surface area contributed by atoms with Gasteiger partial charge in [-0.3, -0.25) is 10.1 Å². The number of methoxy groups -OCH3 is 2. The summed E-state index contributed by atoms with van der Waals surface area (Å²) in [7, 11) is 2.99. The van der Waals surface area contributed by atoms with E-state index in [0.29, 0.717) is 28.3 Å². The van der Waals surface area contributed by atoms with Crippen molar-refractivity contribution in [3.8, 4) is 11.5 Å². The Morgan fingerprint density at radius 2 is 1.65 bits per heavy atom. The van der Waals surface area contributed by atoms with Crippen molar-refractivity contribution in [2.24, 2.45) is 0 Å². The maximum Gasteiger partial charge on any atom is 0.335 e. The lowest BCUT2D eigenvalue weighted by atomic mass is 10.1. The second kappa shape index (κ2) is 8.30. The molecule has 0 saturated carbocycles. The lowest BCUT2D eigenvalue weighted by Crippen LogP contribution is -2.34. The molecule has 7 nitrogen and oxygen atoms in total. The van der Waals surface area contributed by atoms with Gasteiger partial charge in [-0.25, -0.2) is 4.79 Å². The molecular formula is C18H18N2O5S. The number of benzene rings is 2. The minimum atomic E-state index is -1.01. The molecule has 0 aliphatic heterocycles. The zero-order chi connectivity index (χ0) is 19.3. The highest BCUT2D eigenvalue weighted by Gasteiger charge is 2.13. The number of thiocarbonyl (C=S) groups is 1. The van der Waals surface area contributed by atoms with Crippen molar-refractivity contribution in [2.75, 3.05) is 19.5 Å². The van der Waals surface area contributed by atoms with Crippen molar-refractivity contribution >= 4 is 34.9 Å². The maximum absolute atomic E-state index is 12.3. The third kappa shape index (κ3) is 4.48. The van der Waals surface area contributed by atoms with Gasteiger partial charge in [0, 0.05) is 11.3 Å². The smallest absolute Gasteiger partial charge is 0.335 e. The number of carboxylic acids is 1. The Bertz CT molecular complexity index is 867. The van der Waals surface area contributed by atoms with E-state index < -0.39 is 11.9 Å². The molecule has 0 bridgehead atoms. The number of carbonyl (C=O) groups is 2. The van der Waals surface area contributed by atoms with E-state index in [9.17, 15) is 9.59 Å². The van der Waals surface area contributed by atoms with E-state index in [4.69, 9.17) is 26.8 Å². The number of anilines is 1. The minimum absolute atomic E-state index is 0.0935. The Kier molecular flexibility index (Phi) is 6.13. The van der Waals surface area contributed by atoms with Gasteiger partial charge in [0.15, 0.2) is 16.6 Å². The van der Waals surface area contributed by atoms with Crippen LogP contribution in [-0.4, -0.2) is 36.3 Å². The molecular weight excluding hydrogens is 356 g/mol. The average molecular weight is 374 g/mol. The molecule has 3 N–H and O–H groups in total. The van der Waals surface area contributed by atoms with Crippen LogP contribution < -0.4 is 20.1 Å². The molecule has 0 heterocycles. The van der Waals surface area contributed by atoms with Gasteiger partial charge in [0.25, 0.3) is 5.91 Å². The summed E-state index contributed by atoms with van der Waals surface area (Å²) in [4.78, 5) is 23.3. The van der Waals surface area contributed by atoms with E-state index in [1.165, 1.54) is 26.4 Å². The van der Waals surface area contributed by atoms with Gasteiger partial charge < -0.3 is 19.9 Å². The summed E-state index contributed by atoms with van der Waals surface area (Å²) >= 11 is 5.15. The molecule has 0 aromatic heterocycles. The first kappa shape index (κ1) is 19.2. The fourth-order valence-corrected chi connectivity index (χ4v) is 2.45. The number of ether oxygens (including phenoxy) is 2. The van der Waals surface area contributed by atoms with E-state index in [1.54, 1.807) is 31.2 Å². The normalized spacial score (nSPS) is 9.96. The number of carboxylic acid groups (broad SMARTS) is 1. The largest absolute Gasteiger partial charge is 0.493 e. The first-order chi connectivity index (χ1) is 12.3. The molecule has 136 valence electrons. The van der Waals surface area contributed by atoms with E-state index in [2.05, 4.69) is 10.6 Å². The fourth-order valence-electron chi connectivity index (χ4n) is 2.24. The van der Waals surface area contributed by atoms with Gasteiger partial charge in [0.1, 0.15) is 0 Å². The number of rotatable bonds is 5. The van der Waals surface area contributed by atoms with Crippen LogP contribution in [-0.2, 0) is 0 Å². The summed E-state index contributed by atoms with van der Waals surface area (Å²) in [6.45, 7) is 1.74. The number of amides is 1. The SMILES string of the molecule is COc1ccc(C(=O)NC(=S)Nc2ccc(C(=O)O)cc2C)cc1OC. The van der Waals surface area contributed by atoms with E-state index in [1.807, 2.05) is 0 Å². The van der Waals surface area contributed by atoms with Crippen molar-refractivity contribution in [2.45, 2.75) is 6.92 Å². The Labute approximate surface area is 155 Å². The van der Waals surface area contributed by atoms with Crippen LogP contribution in [0.4, 0.5) is 5.69 Å². The number of nitrogens with one attached hydrogen (secondary N) is 2. The average Bonchev–Trinajstić information content (AvgIpc) is 2.62. The topological polar surface area (TPSA) is 96.9 Å². The molecule has 26 heavy (non-hydrogen) atoms. The van der Waals surface area contributed by atoms with Gasteiger partial charge in [-0.05, 0) is 61.1 Å². The fraction of sp³-hybridized carbons (Fsp3) is 0.167. The highest BCUT2D eigenvalue weighted by atomic mass is 32.1. The van der Waals surface area contributed by atoms with Crippen LogP contribution in [0.2, 0.25) is 0 Å². The highest BCUT2D eigenvalue weighted by molar-refractivity contribution is 7.80. The van der Waals surface area contributed by atoms with Crippen LogP contribution >= 0.6 is 12.2 Å². The monoisotopic (exact) mass is 374 g/mol. The number of aryl methyl sites for hydroxylation is 1. The van der Waals surface area contributed by atoms with E-state index >= 15 is 0 Å². The molecule has 0 saturated heterocycles. The summed E-state index contributed by atoms with van der Waals surface area (Å²) in [6, 6.07) is 9.32. The van der Waals surface area contributed by atoms with Gasteiger partial charge in [0.2, 0.25) is 0 Å². The first-order valence-corrected chi connectivity index (χ1v) is 7.95. The minimum Gasteiger partial charge on any atom is -0.493 e. The molecule has 0 aliphatic carbocycles. The number of aromatic carboxylic acids is 1. The van der Waals surface area contributed by atoms with Crippen LogP contribution in [0.25, 0.3) is 0 Å². The number of hydrogen-bond donors (Lipinski definition) is 3. The summed E-state index contributed by atoms with van der Waals surface area (Å²) in [5.41, 5.74) is 1.82. The van der Waals surface area contributed by atoms with Gasteiger partial charge in [0.05, 0.1) is 19.8 Å². The Morgan fingerprint density at radius 1 is 1.00 bits per heavy atom. The van der Waals surface area contributed by atoms with E-state index in [-0.39, 0.29) is 10.7 Å². The van der Waals surface area contributed by atoms with Gasteiger partial charge in [-0.15, -0.1) is 0 Å². The zero-order valence-corrected chi connectivity index (χ0v) is 15.3. The predicted molar refractivity (Wildman–Crippen MR) is 101 cm³/mol. The lowest BCUT2D eigenvalue weighted by Gasteiger charge is -2.13. The summed E-state index contributed by atoms with van der Waals surface area (Å²) in [5.74, 6) is -0.481. The second-order valence-corrected chi connectivity index (χ2v) is 5.72. The van der Waals surface area contributed by atoms with Crippen molar-refractivity contribution in [3.05, 3.63) is 53.1 Å². The van der Waals surface area contributed by atoms with Crippen LogP contribution in [0.3, 0.4) is 0 Å². The molecule has 0 unspecified atom stereocenters. The summed E-state index contributed by atoms with van der Waals surface area (Å²) in [5, 5.41) is 14.5. The lowest BCUT2D eigenvalue weighted by molar-refractivity contribution is 0.0696. The molecule has 0 aliphatic rings. The Balaban J connectivity index is 2.08. The van der Waals surface area contributed by atoms with Crippen molar-refractivity contribution in [1.82, 2.24) is 5.32 Å². The van der Waals surface area contributed by atoms with Crippen molar-refractivity contribution in [1.29, 1.82) is 0 Å². The summed E-state index contributed by atoms with van der Waals surface area (Å²) in [6.07, 6.45) is 0. The molecule has 0 radical (unpaired) electrons. The van der Waals surface area contributed by atoms with Crippen LogP contribution in [0.1, 0.15) is 26.3 Å². The van der Waals surface area contributed by atoms with Crippen LogP contribution in [0, 0.1) is 6.92 Å². The Morgan fingerprint density at radius 3 is 2.23 bits per heavy atom. The number of carbonyl (C=O) groups excluding carboxylic acids is 1. The molecule has 0 fully saturated rings. The quantitative estimate of drug-likeness (QED) is 0.693. The van der Waals surface area contributed by atoms with Crippen molar-refractivity contribution < 1.29 is 24.2 Å². The van der Waals surface area contributed by atoms with Gasteiger partial charge in [-0.2, -0.15) is 0 Å². The molecule has 0 spiro atoms. The third-order valence-electron chi connectivity index (χ3n) is 3.59. The molecule has 1 amide bonds. The van der Waals surface area contributed by atoms with Gasteiger partial charge in [-0.1, -0.05) is 0 Å². The molecule has 2 rings (SSSR count). The zero-order valence-electron chi connectivity index (χ0n) is 14.5. The highest BCUT2D eigenvalue weighted by Crippen LogP contribution is 2.27. The van der Waals surface area contributed by atoms with Crippen LogP contribution in [0.5, 0.6) is 11.5 Å². The molecule has 2 aromatic rings. The molecule has 0 atom stereocenters. The second-order valence-electron chi connectivity index (χ2n) is 5.31. The predicted octanol–water partition coefficient (Wildman–Crippen LogP) is 2.84. The summed E-state index contributed by atoms with van der Waals surface area (Å²) < 4.78 is 10.3. The maximum atomic E-state index is 12.3. The number of hydrogen-bond acceptors (Lipinski definition) is 5.